The van der Waals surface area contributed by atoms with E-state index >= 15 is 0 Å². The molecular formula is C18H25N5OS. The van der Waals surface area contributed by atoms with Crippen LogP contribution in [-0.2, 0) is 13.0 Å². The number of anilines is 1. The lowest BCUT2D eigenvalue weighted by molar-refractivity contribution is 0.199. The summed E-state index contributed by atoms with van der Waals surface area (Å²) in [6.07, 6.45) is 4.63. The molecule has 0 spiro atoms. The van der Waals surface area contributed by atoms with Gasteiger partial charge in [-0.25, -0.2) is 14.8 Å². The molecule has 25 heavy (non-hydrogen) atoms. The molecule has 2 aromatic rings. The van der Waals surface area contributed by atoms with Crippen LogP contribution in [0.25, 0.3) is 0 Å². The Bertz CT molecular complexity index is 682. The van der Waals surface area contributed by atoms with Crippen LogP contribution in [0.4, 0.5) is 10.6 Å². The number of nitrogens with zero attached hydrogens (tertiary/aromatic N) is 4. The molecule has 6 nitrogen and oxygen atoms in total. The first-order chi connectivity index (χ1) is 12.2. The number of pyridine rings is 1. The summed E-state index contributed by atoms with van der Waals surface area (Å²) in [4.78, 5) is 25.3. The maximum Gasteiger partial charge on any atom is 0.317 e. The highest BCUT2D eigenvalue weighted by atomic mass is 32.1. The molecule has 7 heteroatoms. The summed E-state index contributed by atoms with van der Waals surface area (Å²) in [6, 6.07) is 6.16. The van der Waals surface area contributed by atoms with Gasteiger partial charge in [-0.05, 0) is 31.4 Å². The quantitative estimate of drug-likeness (QED) is 0.892. The maximum atomic E-state index is 12.4. The molecule has 2 amide bonds. The van der Waals surface area contributed by atoms with E-state index in [0.717, 1.165) is 48.9 Å². The molecule has 2 aromatic heterocycles. The van der Waals surface area contributed by atoms with Crippen molar-refractivity contribution in [3.05, 3.63) is 40.5 Å². The van der Waals surface area contributed by atoms with Crippen molar-refractivity contribution in [3.8, 4) is 0 Å². The van der Waals surface area contributed by atoms with E-state index < -0.39 is 0 Å². The van der Waals surface area contributed by atoms with Gasteiger partial charge in [-0.1, -0.05) is 13.0 Å². The number of aryl methyl sites for hydroxylation is 1. The van der Waals surface area contributed by atoms with Gasteiger partial charge in [-0.2, -0.15) is 0 Å². The van der Waals surface area contributed by atoms with Crippen molar-refractivity contribution < 1.29 is 4.79 Å². The second-order valence-electron chi connectivity index (χ2n) is 6.34. The van der Waals surface area contributed by atoms with E-state index in [1.165, 1.54) is 0 Å². The van der Waals surface area contributed by atoms with Gasteiger partial charge in [0.05, 0.1) is 17.2 Å². The van der Waals surface area contributed by atoms with Crippen LogP contribution in [0.5, 0.6) is 0 Å². The van der Waals surface area contributed by atoms with E-state index in [-0.39, 0.29) is 12.1 Å². The number of rotatable bonds is 5. The normalized spacial score (nSPS) is 15.2. The van der Waals surface area contributed by atoms with Gasteiger partial charge in [0.15, 0.2) is 0 Å². The van der Waals surface area contributed by atoms with E-state index in [9.17, 15) is 4.79 Å². The molecule has 3 heterocycles. The number of nitrogens with one attached hydrogen (secondary N) is 1. The van der Waals surface area contributed by atoms with Crippen LogP contribution >= 0.6 is 11.3 Å². The molecule has 0 unspecified atom stereocenters. The smallest absolute Gasteiger partial charge is 0.317 e. The highest BCUT2D eigenvalue weighted by molar-refractivity contribution is 7.09. The minimum Gasteiger partial charge on any atom is -0.356 e. The van der Waals surface area contributed by atoms with Crippen LogP contribution in [0.15, 0.2) is 29.8 Å². The third-order valence-corrected chi connectivity index (χ3v) is 5.49. The first-order valence-electron chi connectivity index (χ1n) is 8.76. The number of aromatic nitrogens is 2. The Morgan fingerprint density at radius 3 is 2.84 bits per heavy atom. The summed E-state index contributed by atoms with van der Waals surface area (Å²) < 4.78 is 0. The summed E-state index contributed by atoms with van der Waals surface area (Å²) in [5, 5.41) is 6.30. The molecule has 1 aliphatic heterocycles. The number of hydrogen-bond acceptors (Lipinski definition) is 5. The van der Waals surface area contributed by atoms with E-state index in [1.54, 1.807) is 16.2 Å². The highest BCUT2D eigenvalue weighted by Crippen LogP contribution is 2.17. The Balaban J connectivity index is 1.45. The first kappa shape index (κ1) is 17.7. The minimum atomic E-state index is -0.0256. The van der Waals surface area contributed by atoms with Crippen molar-refractivity contribution >= 4 is 23.2 Å². The zero-order valence-corrected chi connectivity index (χ0v) is 15.6. The minimum absolute atomic E-state index is 0.0256. The Morgan fingerprint density at radius 1 is 1.40 bits per heavy atom. The fraction of sp³-hybridized carbons (Fsp3) is 0.500. The molecule has 134 valence electrons. The average Bonchev–Trinajstić information content (AvgIpc) is 3.10. The van der Waals surface area contributed by atoms with Crippen molar-refractivity contribution in [2.75, 3.05) is 25.0 Å². The molecule has 1 aliphatic rings. The highest BCUT2D eigenvalue weighted by Gasteiger charge is 2.22. The largest absolute Gasteiger partial charge is 0.356 e. The van der Waals surface area contributed by atoms with Crippen LogP contribution in [-0.4, -0.2) is 47.1 Å². The molecule has 1 fully saturated rings. The summed E-state index contributed by atoms with van der Waals surface area (Å²) >= 11 is 1.66. The summed E-state index contributed by atoms with van der Waals surface area (Å²) in [5.41, 5.74) is 0.962. The van der Waals surface area contributed by atoms with Gasteiger partial charge in [-0.3, -0.25) is 0 Å². The van der Waals surface area contributed by atoms with E-state index in [2.05, 4.69) is 27.1 Å². The monoisotopic (exact) mass is 359 g/mol. The van der Waals surface area contributed by atoms with Gasteiger partial charge in [-0.15, -0.1) is 11.3 Å². The van der Waals surface area contributed by atoms with Crippen LogP contribution in [0.2, 0.25) is 0 Å². The SMILES string of the molecule is CCc1nc(CN(C)C(=O)NC2CCN(c3ccccn3)CC2)cs1. The van der Waals surface area contributed by atoms with Crippen LogP contribution < -0.4 is 10.2 Å². The molecule has 1 saturated heterocycles. The number of carbonyl (C=O) groups excluding carboxylic acids is 1. The lowest BCUT2D eigenvalue weighted by Gasteiger charge is -2.33. The fourth-order valence-electron chi connectivity index (χ4n) is 2.98. The lowest BCUT2D eigenvalue weighted by Crippen LogP contribution is -2.48. The number of urea groups is 1. The first-order valence-corrected chi connectivity index (χ1v) is 9.64. The summed E-state index contributed by atoms with van der Waals surface area (Å²) in [5.74, 6) is 1.01. The van der Waals surface area contributed by atoms with Crippen molar-refractivity contribution in [1.82, 2.24) is 20.2 Å². The standard InChI is InChI=1S/C18H25N5OS/c1-3-17-20-15(13-25-17)12-22(2)18(24)21-14-7-10-23(11-8-14)16-6-4-5-9-19-16/h4-6,9,13-14H,3,7-8,10-12H2,1-2H3,(H,21,24). The van der Waals surface area contributed by atoms with Gasteiger partial charge >= 0.3 is 6.03 Å². The Morgan fingerprint density at radius 2 is 2.20 bits per heavy atom. The predicted molar refractivity (Wildman–Crippen MR) is 101 cm³/mol. The van der Waals surface area contributed by atoms with Gasteiger partial charge in [0.1, 0.15) is 5.82 Å². The third kappa shape index (κ3) is 4.69. The molecule has 0 aromatic carbocycles. The second kappa shape index (κ2) is 8.29. The van der Waals surface area contributed by atoms with Crippen molar-refractivity contribution in [3.63, 3.8) is 0 Å². The Kier molecular flexibility index (Phi) is 5.86. The molecule has 0 bridgehead atoms. The summed E-state index contributed by atoms with van der Waals surface area (Å²) in [6.45, 7) is 4.47. The maximum absolute atomic E-state index is 12.4. The van der Waals surface area contributed by atoms with Gasteiger partial charge in [0.25, 0.3) is 0 Å². The fourth-order valence-corrected chi connectivity index (χ4v) is 3.71. The average molecular weight is 359 g/mol. The lowest BCUT2D eigenvalue weighted by atomic mass is 10.1. The molecule has 1 N–H and O–H groups in total. The molecule has 0 saturated carbocycles. The third-order valence-electron chi connectivity index (χ3n) is 4.44. The predicted octanol–water partition coefficient (Wildman–Crippen LogP) is 2.91. The molecule has 0 aliphatic carbocycles. The zero-order valence-electron chi connectivity index (χ0n) is 14.8. The van der Waals surface area contributed by atoms with E-state index in [0.29, 0.717) is 6.54 Å². The van der Waals surface area contributed by atoms with Gasteiger partial charge in [0, 0.05) is 37.8 Å². The Labute approximate surface area is 152 Å². The molecule has 3 rings (SSSR count). The second-order valence-corrected chi connectivity index (χ2v) is 7.28. The van der Waals surface area contributed by atoms with Gasteiger partial charge in [0.2, 0.25) is 0 Å². The number of carbonyl (C=O) groups is 1. The van der Waals surface area contributed by atoms with Crippen molar-refractivity contribution in [1.29, 1.82) is 0 Å². The van der Waals surface area contributed by atoms with Crippen LogP contribution in [0, 0.1) is 0 Å². The van der Waals surface area contributed by atoms with Crippen molar-refractivity contribution in [2.24, 2.45) is 0 Å². The van der Waals surface area contributed by atoms with Crippen LogP contribution in [0.1, 0.15) is 30.5 Å². The Hall–Kier alpha value is -2.15. The molecular weight excluding hydrogens is 334 g/mol. The number of hydrogen-bond donors (Lipinski definition) is 1. The molecule has 0 atom stereocenters. The van der Waals surface area contributed by atoms with E-state index in [4.69, 9.17) is 0 Å². The van der Waals surface area contributed by atoms with Gasteiger partial charge < -0.3 is 15.1 Å². The number of amides is 2. The number of thiazole rings is 1. The summed E-state index contributed by atoms with van der Waals surface area (Å²) in [7, 11) is 1.82. The topological polar surface area (TPSA) is 61.4 Å². The number of piperidine rings is 1. The van der Waals surface area contributed by atoms with Crippen LogP contribution in [0.3, 0.4) is 0 Å². The molecule has 0 radical (unpaired) electrons. The van der Waals surface area contributed by atoms with E-state index in [1.807, 2.05) is 36.8 Å². The van der Waals surface area contributed by atoms with Crippen molar-refractivity contribution in [2.45, 2.75) is 38.8 Å². The zero-order chi connectivity index (χ0) is 17.6.